The molecule has 2 amide bonds. The molecular weight excluding hydrogens is 296 g/mol. The lowest BCUT2D eigenvalue weighted by molar-refractivity contribution is -0.137. The van der Waals surface area contributed by atoms with E-state index < -0.39 is 17.4 Å². The summed E-state index contributed by atoms with van der Waals surface area (Å²) in [6.45, 7) is 4.75. The second kappa shape index (κ2) is 9.75. The Morgan fingerprint density at radius 1 is 1.19 bits per heavy atom. The summed E-state index contributed by atoms with van der Waals surface area (Å²) < 4.78 is 0. The molecule has 1 atom stereocenters. The molecular formula is C13H24N2O5S. The van der Waals surface area contributed by atoms with Gasteiger partial charge in [0.15, 0.2) is 5.12 Å². The van der Waals surface area contributed by atoms with Crippen LogP contribution in [-0.2, 0) is 14.4 Å². The number of nitrogens with one attached hydrogen (secondary N) is 2. The van der Waals surface area contributed by atoms with E-state index in [1.165, 1.54) is 6.92 Å². The first-order valence-corrected chi connectivity index (χ1v) is 7.66. The average Bonchev–Trinajstić information content (AvgIpc) is 2.42. The summed E-state index contributed by atoms with van der Waals surface area (Å²) in [5, 5.41) is 23.8. The fourth-order valence-corrected chi connectivity index (χ4v) is 1.80. The predicted octanol–water partition coefficient (Wildman–Crippen LogP) is -0.732. The zero-order valence-electron chi connectivity index (χ0n) is 12.6. The number of aliphatic hydroxyl groups is 2. The lowest BCUT2D eigenvalue weighted by atomic mass is 9.87. The van der Waals surface area contributed by atoms with E-state index in [4.69, 9.17) is 5.11 Å². The number of thioether (sulfide) groups is 1. The van der Waals surface area contributed by atoms with Crippen molar-refractivity contribution >= 4 is 28.7 Å². The number of aliphatic hydroxyl groups excluding tert-OH is 2. The number of carbonyl (C=O) groups is 3. The molecule has 0 heterocycles. The molecule has 0 fully saturated rings. The number of amides is 2. The molecule has 0 radical (unpaired) electrons. The van der Waals surface area contributed by atoms with Crippen molar-refractivity contribution in [2.45, 2.75) is 33.3 Å². The van der Waals surface area contributed by atoms with Gasteiger partial charge >= 0.3 is 0 Å². The van der Waals surface area contributed by atoms with E-state index in [9.17, 15) is 19.5 Å². The Morgan fingerprint density at radius 3 is 2.33 bits per heavy atom. The van der Waals surface area contributed by atoms with Crippen LogP contribution >= 0.6 is 11.8 Å². The van der Waals surface area contributed by atoms with Crippen LogP contribution < -0.4 is 10.6 Å². The maximum atomic E-state index is 11.6. The van der Waals surface area contributed by atoms with E-state index in [-0.39, 0.29) is 30.6 Å². The highest BCUT2D eigenvalue weighted by molar-refractivity contribution is 8.13. The first kappa shape index (κ1) is 19.9. The molecule has 8 heteroatoms. The Hall–Kier alpha value is -1.12. The fourth-order valence-electron chi connectivity index (χ4n) is 1.31. The van der Waals surface area contributed by atoms with Crippen LogP contribution in [0.25, 0.3) is 0 Å². The van der Waals surface area contributed by atoms with Gasteiger partial charge in [-0.3, -0.25) is 14.4 Å². The van der Waals surface area contributed by atoms with Crippen molar-refractivity contribution in [2.24, 2.45) is 5.41 Å². The minimum Gasteiger partial charge on any atom is -0.396 e. The molecule has 0 aliphatic carbocycles. The smallest absolute Gasteiger partial charge is 0.249 e. The molecule has 7 nitrogen and oxygen atoms in total. The predicted molar refractivity (Wildman–Crippen MR) is 80.6 cm³/mol. The quantitative estimate of drug-likeness (QED) is 0.416. The molecule has 0 spiro atoms. The molecule has 0 aromatic carbocycles. The van der Waals surface area contributed by atoms with Crippen molar-refractivity contribution in [3.05, 3.63) is 0 Å². The first-order chi connectivity index (χ1) is 9.70. The van der Waals surface area contributed by atoms with Crippen LogP contribution in [0.3, 0.4) is 0 Å². The van der Waals surface area contributed by atoms with E-state index in [1.54, 1.807) is 13.8 Å². The first-order valence-electron chi connectivity index (χ1n) is 6.67. The molecule has 122 valence electrons. The molecule has 4 N–H and O–H groups in total. The van der Waals surface area contributed by atoms with E-state index in [0.29, 0.717) is 12.3 Å². The van der Waals surface area contributed by atoms with E-state index >= 15 is 0 Å². The monoisotopic (exact) mass is 320 g/mol. The standard InChI is InChI=1S/C13H24N2O5S/c1-9(17)21-7-6-14-10(18)4-5-15-12(20)11(19)13(2,3)8-16/h11,16,19H,4-8H2,1-3H3,(H,14,18)(H,15,20)/t11-/m0/s1. The highest BCUT2D eigenvalue weighted by Crippen LogP contribution is 2.19. The summed E-state index contributed by atoms with van der Waals surface area (Å²) >= 11 is 1.13. The summed E-state index contributed by atoms with van der Waals surface area (Å²) in [5.74, 6) is -0.346. The van der Waals surface area contributed by atoms with Crippen LogP contribution in [0.15, 0.2) is 0 Å². The number of rotatable bonds is 9. The van der Waals surface area contributed by atoms with Gasteiger partial charge in [-0.2, -0.15) is 0 Å². The van der Waals surface area contributed by atoms with Crippen LogP contribution in [0.4, 0.5) is 0 Å². The van der Waals surface area contributed by atoms with E-state index in [1.807, 2.05) is 0 Å². The van der Waals surface area contributed by atoms with Crippen LogP contribution in [0.5, 0.6) is 0 Å². The SMILES string of the molecule is CC(=O)SCCNC(=O)CCNC(=O)[C@H](O)C(C)(C)CO. The van der Waals surface area contributed by atoms with Gasteiger partial charge in [-0.1, -0.05) is 25.6 Å². The molecule has 0 aliphatic rings. The summed E-state index contributed by atoms with van der Waals surface area (Å²) in [4.78, 5) is 33.7. The molecule has 0 rings (SSSR count). The maximum Gasteiger partial charge on any atom is 0.249 e. The van der Waals surface area contributed by atoms with Crippen LogP contribution in [0.1, 0.15) is 27.2 Å². The van der Waals surface area contributed by atoms with Crippen molar-refractivity contribution < 1.29 is 24.6 Å². The number of hydrogen-bond donors (Lipinski definition) is 4. The molecule has 0 aromatic rings. The third-order valence-electron chi connectivity index (χ3n) is 2.78. The summed E-state index contributed by atoms with van der Waals surface area (Å²) in [7, 11) is 0. The normalized spacial score (nSPS) is 12.6. The number of carbonyl (C=O) groups excluding carboxylic acids is 3. The second-order valence-electron chi connectivity index (χ2n) is 5.28. The van der Waals surface area contributed by atoms with Gasteiger partial charge in [0.1, 0.15) is 6.10 Å². The van der Waals surface area contributed by atoms with E-state index in [2.05, 4.69) is 10.6 Å². The molecule has 0 saturated carbocycles. The van der Waals surface area contributed by atoms with Gasteiger partial charge in [0.2, 0.25) is 11.8 Å². The molecule has 0 bridgehead atoms. The minimum atomic E-state index is -1.34. The van der Waals surface area contributed by atoms with Crippen molar-refractivity contribution in [2.75, 3.05) is 25.4 Å². The number of hydrogen-bond acceptors (Lipinski definition) is 6. The Balaban J connectivity index is 3.85. The minimum absolute atomic E-state index is 0.00278. The van der Waals surface area contributed by atoms with Gasteiger partial charge in [-0.25, -0.2) is 0 Å². The van der Waals surface area contributed by atoms with Crippen LogP contribution in [0, 0.1) is 5.41 Å². The summed E-state index contributed by atoms with van der Waals surface area (Å²) in [6, 6.07) is 0. The highest BCUT2D eigenvalue weighted by Gasteiger charge is 2.32. The maximum absolute atomic E-state index is 11.6. The van der Waals surface area contributed by atoms with Gasteiger partial charge in [0.25, 0.3) is 0 Å². The Bertz CT molecular complexity index is 374. The lowest BCUT2D eigenvalue weighted by Crippen LogP contribution is -2.46. The van der Waals surface area contributed by atoms with Crippen LogP contribution in [-0.4, -0.2) is 58.7 Å². The average molecular weight is 320 g/mol. The topological polar surface area (TPSA) is 116 Å². The van der Waals surface area contributed by atoms with Crippen LogP contribution in [0.2, 0.25) is 0 Å². The zero-order chi connectivity index (χ0) is 16.5. The van der Waals surface area contributed by atoms with Gasteiger partial charge < -0.3 is 20.8 Å². The van der Waals surface area contributed by atoms with Gasteiger partial charge in [0.05, 0.1) is 6.61 Å². The van der Waals surface area contributed by atoms with Crippen molar-refractivity contribution in [3.63, 3.8) is 0 Å². The van der Waals surface area contributed by atoms with Crippen molar-refractivity contribution in [1.82, 2.24) is 10.6 Å². The molecule has 0 aliphatic heterocycles. The third kappa shape index (κ3) is 8.69. The Labute approximate surface area is 128 Å². The molecule has 21 heavy (non-hydrogen) atoms. The second-order valence-corrected chi connectivity index (χ2v) is 6.55. The molecule has 0 aromatic heterocycles. The van der Waals surface area contributed by atoms with Crippen molar-refractivity contribution in [1.29, 1.82) is 0 Å². The Morgan fingerprint density at radius 2 is 1.81 bits per heavy atom. The zero-order valence-corrected chi connectivity index (χ0v) is 13.5. The third-order valence-corrected chi connectivity index (χ3v) is 3.59. The van der Waals surface area contributed by atoms with E-state index in [0.717, 1.165) is 11.8 Å². The largest absolute Gasteiger partial charge is 0.396 e. The summed E-state index contributed by atoms with van der Waals surface area (Å²) in [5.41, 5.74) is -0.934. The van der Waals surface area contributed by atoms with Gasteiger partial charge in [0, 0.05) is 37.6 Å². The van der Waals surface area contributed by atoms with Gasteiger partial charge in [-0.15, -0.1) is 0 Å². The highest BCUT2D eigenvalue weighted by atomic mass is 32.2. The van der Waals surface area contributed by atoms with Gasteiger partial charge in [-0.05, 0) is 0 Å². The fraction of sp³-hybridized carbons (Fsp3) is 0.769. The lowest BCUT2D eigenvalue weighted by Gasteiger charge is -2.27. The summed E-state index contributed by atoms with van der Waals surface area (Å²) in [6.07, 6.45) is -1.25. The molecule has 0 saturated heterocycles. The molecule has 0 unspecified atom stereocenters. The Kier molecular flexibility index (Phi) is 9.23. The van der Waals surface area contributed by atoms with Crippen molar-refractivity contribution in [3.8, 4) is 0 Å².